The van der Waals surface area contributed by atoms with Gasteiger partial charge >= 0.3 is 5.97 Å². The molecular weight excluding hydrogens is 468 g/mol. The number of aryl methyl sites for hydroxylation is 1. The number of non-ortho nitro benzene ring substituents is 1. The van der Waals surface area contributed by atoms with Gasteiger partial charge < -0.3 is 4.74 Å². The van der Waals surface area contributed by atoms with E-state index in [1.807, 2.05) is 61.5 Å². The highest BCUT2D eigenvalue weighted by Crippen LogP contribution is 2.31. The quantitative estimate of drug-likeness (QED) is 0.178. The summed E-state index contributed by atoms with van der Waals surface area (Å²) in [6.07, 6.45) is 0.976. The smallest absolute Gasteiger partial charge is 0.313 e. The summed E-state index contributed by atoms with van der Waals surface area (Å²) < 4.78 is 30.7. The maximum absolute atomic E-state index is 12.6. The second kappa shape index (κ2) is 12.1. The lowest BCUT2D eigenvalue weighted by Crippen LogP contribution is -2.28. The summed E-state index contributed by atoms with van der Waals surface area (Å²) in [5.74, 6) is -1.06. The average Bonchev–Trinajstić information content (AvgIpc) is 2.87. The van der Waals surface area contributed by atoms with E-state index in [2.05, 4.69) is 0 Å². The molecule has 0 spiro atoms. The fraction of sp³-hybridized carbons (Fsp3) is 0.269. The zero-order chi connectivity index (χ0) is 25.4. The number of hydrogen-bond acceptors (Lipinski definition) is 6. The summed E-state index contributed by atoms with van der Waals surface area (Å²) in [7, 11) is -1.65. The Morgan fingerprint density at radius 1 is 0.943 bits per heavy atom. The lowest BCUT2D eigenvalue weighted by atomic mass is 9.87. The van der Waals surface area contributed by atoms with Crippen molar-refractivity contribution < 1.29 is 22.9 Å². The number of nitro benzene ring substituents is 1. The van der Waals surface area contributed by atoms with Gasteiger partial charge in [0.15, 0.2) is 0 Å². The van der Waals surface area contributed by atoms with E-state index in [4.69, 9.17) is 4.74 Å². The molecule has 2 atom stereocenters. The molecule has 3 aromatic rings. The summed E-state index contributed by atoms with van der Waals surface area (Å²) in [5, 5.41) is 11.0. The van der Waals surface area contributed by atoms with Crippen molar-refractivity contribution in [3.63, 3.8) is 0 Å². The highest BCUT2D eigenvalue weighted by atomic mass is 32.2. The predicted molar refractivity (Wildman–Crippen MR) is 135 cm³/mol. The Bertz CT molecular complexity index is 1200. The zero-order valence-corrected chi connectivity index (χ0v) is 20.5. The van der Waals surface area contributed by atoms with E-state index >= 15 is 0 Å². The highest BCUT2D eigenvalue weighted by molar-refractivity contribution is 7.74. The molecule has 0 aliphatic rings. The van der Waals surface area contributed by atoms with Gasteiger partial charge in [0.1, 0.15) is 0 Å². The fourth-order valence-corrected chi connectivity index (χ4v) is 4.69. The van der Waals surface area contributed by atoms with E-state index in [-0.39, 0.29) is 24.1 Å². The van der Waals surface area contributed by atoms with Crippen LogP contribution >= 0.6 is 0 Å². The maximum Gasteiger partial charge on any atom is 0.313 e. The number of hydrogen-bond donors (Lipinski definition) is 1. The maximum atomic E-state index is 12.6. The molecule has 184 valence electrons. The van der Waals surface area contributed by atoms with Gasteiger partial charge in [0.25, 0.3) is 5.69 Å². The molecule has 0 saturated heterocycles. The molecule has 3 rings (SSSR count). The molecule has 0 aliphatic heterocycles. The normalized spacial score (nSPS) is 12.7. The number of nitro groups is 1. The van der Waals surface area contributed by atoms with Crippen molar-refractivity contribution in [3.8, 4) is 0 Å². The molecule has 8 nitrogen and oxygen atoms in total. The van der Waals surface area contributed by atoms with Crippen molar-refractivity contribution in [2.45, 2.75) is 31.6 Å². The standard InChI is InChI=1S/C26H28N2O6S/c1-19-8-10-20(11-9-19)22(12-17-25(26(29)34-2)21-6-4-3-5-7-21)18-27(35(32)33)23-13-15-24(16-14-23)28(30)31/h3-11,13-16,22,25,35H,12,17-18H2,1-2H3. The van der Waals surface area contributed by atoms with Crippen molar-refractivity contribution in [2.75, 3.05) is 18.0 Å². The van der Waals surface area contributed by atoms with Crippen LogP contribution in [0, 0.1) is 17.0 Å². The number of nitrogens with zero attached hydrogens (tertiary/aromatic N) is 2. The van der Waals surface area contributed by atoms with Gasteiger partial charge in [-0.3, -0.25) is 19.2 Å². The highest BCUT2D eigenvalue weighted by Gasteiger charge is 2.25. The lowest BCUT2D eigenvalue weighted by molar-refractivity contribution is -0.384. The molecule has 0 radical (unpaired) electrons. The van der Waals surface area contributed by atoms with Crippen molar-refractivity contribution in [1.29, 1.82) is 0 Å². The zero-order valence-electron chi connectivity index (χ0n) is 19.6. The first kappa shape index (κ1) is 25.9. The van der Waals surface area contributed by atoms with Crippen LogP contribution in [-0.4, -0.2) is 33.0 Å². The van der Waals surface area contributed by atoms with Crippen LogP contribution < -0.4 is 4.31 Å². The Balaban J connectivity index is 1.90. The number of thiol groups is 1. The Hall–Kier alpha value is -3.72. The first-order valence-corrected chi connectivity index (χ1v) is 12.3. The van der Waals surface area contributed by atoms with Gasteiger partial charge in [-0.2, -0.15) is 0 Å². The minimum atomic E-state index is -3.01. The molecule has 0 amide bonds. The van der Waals surface area contributed by atoms with E-state index in [9.17, 15) is 23.3 Å². The van der Waals surface area contributed by atoms with Crippen molar-refractivity contribution in [3.05, 3.63) is 106 Å². The summed E-state index contributed by atoms with van der Waals surface area (Å²) in [6, 6.07) is 22.6. The van der Waals surface area contributed by atoms with Crippen LogP contribution in [0.25, 0.3) is 0 Å². The lowest BCUT2D eigenvalue weighted by Gasteiger charge is -2.26. The van der Waals surface area contributed by atoms with Crippen LogP contribution in [0.15, 0.2) is 78.9 Å². The van der Waals surface area contributed by atoms with E-state index in [1.165, 1.54) is 35.7 Å². The van der Waals surface area contributed by atoms with Crippen molar-refractivity contribution in [2.24, 2.45) is 0 Å². The number of esters is 1. The third kappa shape index (κ3) is 6.89. The Morgan fingerprint density at radius 3 is 2.11 bits per heavy atom. The molecular formula is C26H28N2O6S. The van der Waals surface area contributed by atoms with Gasteiger partial charge in [0.05, 0.1) is 23.6 Å². The number of anilines is 1. The number of methoxy groups -OCH3 is 1. The fourth-order valence-electron chi connectivity index (χ4n) is 4.04. The van der Waals surface area contributed by atoms with Crippen LogP contribution in [0.3, 0.4) is 0 Å². The van der Waals surface area contributed by atoms with Crippen LogP contribution in [0.2, 0.25) is 0 Å². The van der Waals surface area contributed by atoms with Crippen molar-refractivity contribution >= 4 is 28.2 Å². The molecule has 0 N–H and O–H groups in total. The molecule has 0 saturated carbocycles. The van der Waals surface area contributed by atoms with Crippen molar-refractivity contribution in [1.82, 2.24) is 0 Å². The largest absolute Gasteiger partial charge is 0.469 e. The van der Waals surface area contributed by atoms with Gasteiger partial charge in [-0.25, -0.2) is 8.42 Å². The van der Waals surface area contributed by atoms with Crippen LogP contribution in [0.5, 0.6) is 0 Å². The SMILES string of the molecule is COC(=O)C(CCC(CN(c1ccc([N+](=O)[O-])cc1)[SH](=O)=O)c1ccc(C)cc1)c1ccccc1. The number of benzene rings is 3. The van der Waals surface area contributed by atoms with Gasteiger partial charge in [0.2, 0.25) is 10.9 Å². The summed E-state index contributed by atoms with van der Waals surface area (Å²) in [4.78, 5) is 23.0. The Labute approximate surface area is 206 Å². The number of carbonyl (C=O) groups is 1. The minimum Gasteiger partial charge on any atom is -0.469 e. The number of ether oxygens (including phenoxy) is 1. The van der Waals surface area contributed by atoms with E-state index in [0.717, 1.165) is 16.7 Å². The number of rotatable bonds is 11. The third-order valence-corrected chi connectivity index (χ3v) is 6.78. The minimum absolute atomic E-state index is 0.117. The van der Waals surface area contributed by atoms with E-state index in [1.54, 1.807) is 0 Å². The topological polar surface area (TPSA) is 107 Å². The molecule has 3 aromatic carbocycles. The van der Waals surface area contributed by atoms with Gasteiger partial charge in [-0.15, -0.1) is 0 Å². The second-order valence-electron chi connectivity index (χ2n) is 8.26. The van der Waals surface area contributed by atoms with Crippen LogP contribution in [0.1, 0.15) is 41.4 Å². The Kier molecular flexibility index (Phi) is 8.97. The number of carbonyl (C=O) groups excluding carboxylic acids is 1. The van der Waals surface area contributed by atoms with Gasteiger partial charge in [-0.1, -0.05) is 60.2 Å². The molecule has 0 fully saturated rings. The average molecular weight is 497 g/mol. The van der Waals surface area contributed by atoms with E-state index < -0.39 is 21.7 Å². The molecule has 9 heteroatoms. The molecule has 35 heavy (non-hydrogen) atoms. The summed E-state index contributed by atoms with van der Waals surface area (Å²) >= 11 is 0. The monoisotopic (exact) mass is 496 g/mol. The van der Waals surface area contributed by atoms with Crippen LogP contribution in [0.4, 0.5) is 11.4 Å². The van der Waals surface area contributed by atoms with E-state index in [0.29, 0.717) is 18.5 Å². The van der Waals surface area contributed by atoms with Crippen LogP contribution in [-0.2, 0) is 20.4 Å². The van der Waals surface area contributed by atoms with Gasteiger partial charge in [0, 0.05) is 24.6 Å². The van der Waals surface area contributed by atoms with Gasteiger partial charge in [-0.05, 0) is 43.0 Å². The molecule has 0 aliphatic carbocycles. The Morgan fingerprint density at radius 2 is 1.57 bits per heavy atom. The predicted octanol–water partition coefficient (Wildman–Crippen LogP) is 4.76. The molecule has 0 bridgehead atoms. The summed E-state index contributed by atoms with van der Waals surface area (Å²) in [6.45, 7) is 2.10. The first-order valence-electron chi connectivity index (χ1n) is 11.2. The molecule has 2 unspecified atom stereocenters. The molecule has 0 heterocycles. The third-order valence-electron chi connectivity index (χ3n) is 5.99. The summed E-state index contributed by atoms with van der Waals surface area (Å²) in [5.41, 5.74) is 3.08. The second-order valence-corrected chi connectivity index (χ2v) is 9.22. The molecule has 0 aromatic heterocycles. The first-order chi connectivity index (χ1) is 16.8.